The summed E-state index contributed by atoms with van der Waals surface area (Å²) in [5.74, 6) is 0.134. The molecule has 0 aliphatic carbocycles. The summed E-state index contributed by atoms with van der Waals surface area (Å²) in [5, 5.41) is 0. The molecule has 166 valence electrons. The fourth-order valence-electron chi connectivity index (χ4n) is 4.42. The predicted octanol–water partition coefficient (Wildman–Crippen LogP) is 4.50. The molecule has 1 spiro atoms. The van der Waals surface area contributed by atoms with Gasteiger partial charge < -0.3 is 19.3 Å². The van der Waals surface area contributed by atoms with Crippen LogP contribution in [0.15, 0.2) is 48.5 Å². The lowest BCUT2D eigenvalue weighted by molar-refractivity contribution is -0.169. The molecule has 3 fully saturated rings. The van der Waals surface area contributed by atoms with Crippen molar-refractivity contribution in [1.82, 2.24) is 0 Å². The van der Waals surface area contributed by atoms with Gasteiger partial charge in [-0.3, -0.25) is 4.79 Å². The number of piperidine rings is 2. The van der Waals surface area contributed by atoms with Crippen LogP contribution in [0.2, 0.25) is 0 Å². The van der Waals surface area contributed by atoms with Crippen molar-refractivity contribution in [1.29, 1.82) is 0 Å². The second-order valence-corrected chi connectivity index (χ2v) is 8.79. The summed E-state index contributed by atoms with van der Waals surface area (Å²) in [6.45, 7) is 9.50. The van der Waals surface area contributed by atoms with Crippen LogP contribution in [0.5, 0.6) is 0 Å². The molecule has 0 radical (unpaired) electrons. The number of rotatable bonds is 2. The smallest absolute Gasteiger partial charge is 0.171 e. The zero-order valence-corrected chi connectivity index (χ0v) is 18.8. The number of nitrogens with zero attached hydrogens (tertiary/aromatic N) is 2. The highest BCUT2D eigenvalue weighted by atomic mass is 16.7. The van der Waals surface area contributed by atoms with Gasteiger partial charge in [0, 0.05) is 63.2 Å². The Labute approximate surface area is 185 Å². The molecule has 0 amide bonds. The second kappa shape index (κ2) is 9.84. The molecule has 3 aliphatic heterocycles. The molecule has 31 heavy (non-hydrogen) atoms. The third-order valence-electron chi connectivity index (χ3n) is 6.46. The summed E-state index contributed by atoms with van der Waals surface area (Å²) in [7, 11) is 0. The van der Waals surface area contributed by atoms with E-state index in [9.17, 15) is 4.79 Å². The maximum atomic E-state index is 11.1. The van der Waals surface area contributed by atoms with Crippen molar-refractivity contribution in [2.75, 3.05) is 49.2 Å². The molecular formula is C26H34N2O3. The van der Waals surface area contributed by atoms with Gasteiger partial charge in [-0.25, -0.2) is 0 Å². The third kappa shape index (κ3) is 5.66. The van der Waals surface area contributed by atoms with Crippen LogP contribution >= 0.6 is 0 Å². The average molecular weight is 423 g/mol. The van der Waals surface area contributed by atoms with Crippen LogP contribution in [0.25, 0.3) is 0 Å². The number of hydrogen-bond donors (Lipinski definition) is 0. The fraction of sp³-hybridized carbons (Fsp3) is 0.500. The summed E-state index contributed by atoms with van der Waals surface area (Å²) < 4.78 is 11.5. The molecule has 0 bridgehead atoms. The molecule has 2 aromatic rings. The first kappa shape index (κ1) is 21.8. The van der Waals surface area contributed by atoms with Crippen molar-refractivity contribution in [2.45, 2.75) is 45.3 Å². The van der Waals surface area contributed by atoms with Crippen molar-refractivity contribution in [3.8, 4) is 0 Å². The number of carbonyl (C=O) groups excluding carboxylic acids is 1. The Bertz CT molecular complexity index is 837. The molecule has 5 nitrogen and oxygen atoms in total. The first-order valence-electron chi connectivity index (χ1n) is 11.5. The molecule has 5 heteroatoms. The summed E-state index contributed by atoms with van der Waals surface area (Å²) in [6, 6.07) is 17.2. The van der Waals surface area contributed by atoms with Gasteiger partial charge in [-0.2, -0.15) is 0 Å². The maximum Gasteiger partial charge on any atom is 0.171 e. The fourth-order valence-corrected chi connectivity index (χ4v) is 4.42. The van der Waals surface area contributed by atoms with Crippen LogP contribution in [0.1, 0.15) is 36.8 Å². The van der Waals surface area contributed by atoms with Crippen molar-refractivity contribution in [2.24, 2.45) is 0 Å². The van der Waals surface area contributed by atoms with Crippen LogP contribution in [0.3, 0.4) is 0 Å². The van der Waals surface area contributed by atoms with E-state index in [1.165, 1.54) is 22.5 Å². The van der Waals surface area contributed by atoms with Gasteiger partial charge in [-0.1, -0.05) is 35.4 Å². The molecule has 3 heterocycles. The van der Waals surface area contributed by atoms with Gasteiger partial charge in [0.1, 0.15) is 5.78 Å². The number of hydrogen-bond acceptors (Lipinski definition) is 5. The van der Waals surface area contributed by atoms with Crippen molar-refractivity contribution < 1.29 is 14.3 Å². The minimum Gasteiger partial charge on any atom is -0.371 e. The molecule has 3 saturated heterocycles. The number of ether oxygens (including phenoxy) is 2. The van der Waals surface area contributed by atoms with Gasteiger partial charge in [0.25, 0.3) is 0 Å². The highest BCUT2D eigenvalue weighted by Crippen LogP contribution is 2.33. The van der Waals surface area contributed by atoms with E-state index >= 15 is 0 Å². The Kier molecular flexibility index (Phi) is 6.93. The Morgan fingerprint density at radius 2 is 1.10 bits per heavy atom. The highest BCUT2D eigenvalue weighted by molar-refractivity contribution is 5.81. The minimum absolute atomic E-state index is 0.263. The quantitative estimate of drug-likeness (QED) is 0.713. The van der Waals surface area contributed by atoms with Crippen LogP contribution in [-0.2, 0) is 14.3 Å². The number of benzene rings is 2. The van der Waals surface area contributed by atoms with Gasteiger partial charge in [-0.05, 0) is 38.1 Å². The first-order valence-corrected chi connectivity index (χ1v) is 11.5. The largest absolute Gasteiger partial charge is 0.371 e. The van der Waals surface area contributed by atoms with Crippen LogP contribution < -0.4 is 9.80 Å². The van der Waals surface area contributed by atoms with Crippen molar-refractivity contribution >= 4 is 17.2 Å². The van der Waals surface area contributed by atoms with Gasteiger partial charge >= 0.3 is 0 Å². The van der Waals surface area contributed by atoms with Crippen molar-refractivity contribution in [3.63, 3.8) is 0 Å². The van der Waals surface area contributed by atoms with Crippen molar-refractivity contribution in [3.05, 3.63) is 59.7 Å². The molecule has 0 N–H and O–H groups in total. The topological polar surface area (TPSA) is 42.0 Å². The van der Waals surface area contributed by atoms with Crippen LogP contribution in [-0.4, -0.2) is 51.0 Å². The molecular weight excluding hydrogens is 388 g/mol. The Hall–Kier alpha value is -2.37. The van der Waals surface area contributed by atoms with E-state index in [1.807, 2.05) is 0 Å². The summed E-state index contributed by atoms with van der Waals surface area (Å²) in [6.07, 6.45) is 3.35. The predicted molar refractivity (Wildman–Crippen MR) is 125 cm³/mol. The number of aryl methyl sites for hydroxylation is 2. The van der Waals surface area contributed by atoms with Crippen LogP contribution in [0, 0.1) is 13.8 Å². The lowest BCUT2D eigenvalue weighted by atomic mass is 10.0. The molecule has 0 saturated carbocycles. The standard InChI is InChI=1S/C14H19NO2.C12H15NO/c1-12-2-4-13(5-3-12)15-8-6-14(7-9-15)16-10-11-17-14;1-10-2-4-11(5-3-10)13-8-6-12(14)7-9-13/h2-5H,6-11H2,1H3;2-5H,6-9H2,1H3. The number of Topliss-reactive ketones (excluding diaryl/α,β-unsaturated/α-hetero) is 1. The monoisotopic (exact) mass is 422 g/mol. The summed E-state index contributed by atoms with van der Waals surface area (Å²) in [5.41, 5.74) is 5.14. The summed E-state index contributed by atoms with van der Waals surface area (Å²) >= 11 is 0. The normalized spacial score (nSPS) is 20.5. The number of carbonyl (C=O) groups is 1. The molecule has 3 aliphatic rings. The maximum absolute atomic E-state index is 11.1. The lowest BCUT2D eigenvalue weighted by Crippen LogP contribution is -2.45. The second-order valence-electron chi connectivity index (χ2n) is 8.79. The minimum atomic E-state index is -0.263. The molecule has 0 unspecified atom stereocenters. The lowest BCUT2D eigenvalue weighted by Gasteiger charge is -2.38. The van der Waals surface area contributed by atoms with Crippen LogP contribution in [0.4, 0.5) is 11.4 Å². The van der Waals surface area contributed by atoms with E-state index in [-0.39, 0.29) is 5.79 Å². The molecule has 2 aromatic carbocycles. The number of anilines is 2. The summed E-state index contributed by atoms with van der Waals surface area (Å²) in [4.78, 5) is 15.8. The van der Waals surface area contributed by atoms with E-state index in [0.717, 1.165) is 52.2 Å². The van der Waals surface area contributed by atoms with E-state index in [0.29, 0.717) is 18.6 Å². The Balaban J connectivity index is 0.000000152. The van der Waals surface area contributed by atoms with E-state index < -0.39 is 0 Å². The molecule has 5 rings (SSSR count). The van der Waals surface area contributed by atoms with Gasteiger partial charge in [-0.15, -0.1) is 0 Å². The van der Waals surface area contributed by atoms with E-state index in [2.05, 4.69) is 72.2 Å². The average Bonchev–Trinajstić information content (AvgIpc) is 3.25. The van der Waals surface area contributed by atoms with E-state index in [4.69, 9.17) is 9.47 Å². The first-order chi connectivity index (χ1) is 15.0. The number of ketones is 1. The Morgan fingerprint density at radius 1 is 0.677 bits per heavy atom. The highest BCUT2D eigenvalue weighted by Gasteiger charge is 2.39. The third-order valence-corrected chi connectivity index (χ3v) is 6.46. The SMILES string of the molecule is Cc1ccc(N2CCC(=O)CC2)cc1.Cc1ccc(N2CCC3(CC2)OCCO3)cc1. The van der Waals surface area contributed by atoms with E-state index in [1.54, 1.807) is 0 Å². The zero-order chi connectivity index (χ0) is 21.7. The molecule has 0 atom stereocenters. The zero-order valence-electron chi connectivity index (χ0n) is 18.8. The van der Waals surface area contributed by atoms with Gasteiger partial charge in [0.05, 0.1) is 13.2 Å². The van der Waals surface area contributed by atoms with Gasteiger partial charge in [0.2, 0.25) is 0 Å². The molecule has 0 aromatic heterocycles. The van der Waals surface area contributed by atoms with Gasteiger partial charge in [0.15, 0.2) is 5.79 Å². The Morgan fingerprint density at radius 3 is 1.55 bits per heavy atom.